The number of para-hydroxylation sites is 1. The van der Waals surface area contributed by atoms with Crippen LogP contribution in [-0.2, 0) is 4.79 Å². The fourth-order valence-electron chi connectivity index (χ4n) is 5.21. The number of fused-ring (bicyclic) bond motifs is 1. The van der Waals surface area contributed by atoms with Gasteiger partial charge < -0.3 is 14.1 Å². The average Bonchev–Trinajstić information content (AvgIpc) is 3.56. The molecule has 2 aromatic heterocycles. The van der Waals surface area contributed by atoms with Gasteiger partial charge in [0.15, 0.2) is 4.80 Å². The topological polar surface area (TPSA) is 120 Å². The van der Waals surface area contributed by atoms with Crippen molar-refractivity contribution < 1.29 is 18.9 Å². The van der Waals surface area contributed by atoms with E-state index in [0.717, 1.165) is 0 Å². The molecule has 2 aromatic carbocycles. The van der Waals surface area contributed by atoms with Crippen LogP contribution in [0, 0.1) is 17.0 Å². The number of allylic oxidation sites excluding steroid dienone is 1. The second-order valence-corrected chi connectivity index (χ2v) is 10.8. The molecule has 3 heterocycles. The van der Waals surface area contributed by atoms with Crippen molar-refractivity contribution in [2.24, 2.45) is 4.99 Å². The van der Waals surface area contributed by atoms with Crippen LogP contribution in [0.4, 0.5) is 5.69 Å². The number of hydrogen-bond donors (Lipinski definition) is 0. The van der Waals surface area contributed by atoms with E-state index < -0.39 is 11.0 Å². The molecule has 0 spiro atoms. The molecule has 0 saturated carbocycles. The van der Waals surface area contributed by atoms with Gasteiger partial charge in [-0.2, -0.15) is 0 Å². The molecule has 1 aliphatic heterocycles. The van der Waals surface area contributed by atoms with Crippen molar-refractivity contribution in [3.63, 3.8) is 0 Å². The summed E-state index contributed by atoms with van der Waals surface area (Å²) in [5.41, 5.74) is 2.77. The Balaban J connectivity index is 1.64. The van der Waals surface area contributed by atoms with Crippen LogP contribution >= 0.6 is 11.3 Å². The van der Waals surface area contributed by atoms with E-state index in [-0.39, 0.29) is 17.2 Å². The van der Waals surface area contributed by atoms with Gasteiger partial charge in [0.25, 0.3) is 17.2 Å². The van der Waals surface area contributed by atoms with Crippen LogP contribution in [0.25, 0.3) is 17.4 Å². The number of nitro benzene ring substituents is 1. The highest BCUT2D eigenvalue weighted by atomic mass is 32.1. The average molecular weight is 587 g/mol. The Hall–Kier alpha value is -4.77. The number of non-ortho nitro benzene ring substituents is 1. The van der Waals surface area contributed by atoms with Gasteiger partial charge in [-0.1, -0.05) is 29.5 Å². The third kappa shape index (κ3) is 5.07. The predicted molar refractivity (Wildman–Crippen MR) is 160 cm³/mol. The van der Waals surface area contributed by atoms with Crippen molar-refractivity contribution in [2.75, 3.05) is 20.2 Å². The molecule has 4 aromatic rings. The molecule has 1 aliphatic rings. The minimum absolute atomic E-state index is 0.00267. The third-order valence-electron chi connectivity index (χ3n) is 7.32. The SMILES string of the molecule is CCN(CC)C(=O)C1=C(C)N=c2s/c(=C/c3ccc(-c4ccc([N+](=O)[O-])cc4C)o3)c(=O)n2[C@@H]1c1ccccc1OC. The summed E-state index contributed by atoms with van der Waals surface area (Å²) < 4.78 is 13.6. The van der Waals surface area contributed by atoms with Crippen molar-refractivity contribution in [1.82, 2.24) is 9.47 Å². The summed E-state index contributed by atoms with van der Waals surface area (Å²) in [5.74, 6) is 1.35. The van der Waals surface area contributed by atoms with E-state index >= 15 is 0 Å². The molecule has 0 radical (unpaired) electrons. The molecule has 0 aliphatic carbocycles. The number of nitrogens with zero attached hydrogens (tertiary/aromatic N) is 4. The number of amides is 1. The van der Waals surface area contributed by atoms with Gasteiger partial charge in [0.05, 0.1) is 27.8 Å². The van der Waals surface area contributed by atoms with Crippen molar-refractivity contribution in [3.05, 3.63) is 113 Å². The second kappa shape index (κ2) is 11.6. The largest absolute Gasteiger partial charge is 0.496 e. The fourth-order valence-corrected chi connectivity index (χ4v) is 6.23. The van der Waals surface area contributed by atoms with Crippen LogP contribution in [0.2, 0.25) is 0 Å². The van der Waals surface area contributed by atoms with Gasteiger partial charge in [-0.05, 0) is 57.5 Å². The molecule has 0 fully saturated rings. The van der Waals surface area contributed by atoms with Crippen LogP contribution in [0.5, 0.6) is 5.75 Å². The Morgan fingerprint density at radius 1 is 1.17 bits per heavy atom. The molecule has 0 unspecified atom stereocenters. The number of benzene rings is 2. The van der Waals surface area contributed by atoms with E-state index in [1.54, 1.807) is 54.7 Å². The number of carbonyl (C=O) groups excluding carboxylic acids is 1. The highest BCUT2D eigenvalue weighted by Crippen LogP contribution is 2.36. The van der Waals surface area contributed by atoms with Crippen LogP contribution in [0.15, 0.2) is 80.1 Å². The zero-order valence-corrected chi connectivity index (χ0v) is 24.7. The van der Waals surface area contributed by atoms with E-state index in [4.69, 9.17) is 14.1 Å². The first-order chi connectivity index (χ1) is 20.2. The summed E-state index contributed by atoms with van der Waals surface area (Å²) in [6.07, 6.45) is 1.65. The maximum Gasteiger partial charge on any atom is 0.271 e. The summed E-state index contributed by atoms with van der Waals surface area (Å²) in [5, 5.41) is 11.1. The molecule has 0 saturated heterocycles. The summed E-state index contributed by atoms with van der Waals surface area (Å²) in [4.78, 5) is 45.4. The molecule has 10 nitrogen and oxygen atoms in total. The van der Waals surface area contributed by atoms with Gasteiger partial charge in [0.1, 0.15) is 23.3 Å². The number of aryl methyl sites for hydroxylation is 1. The van der Waals surface area contributed by atoms with Crippen LogP contribution in [-0.4, -0.2) is 40.5 Å². The Morgan fingerprint density at radius 3 is 2.57 bits per heavy atom. The van der Waals surface area contributed by atoms with Gasteiger partial charge in [0.2, 0.25) is 0 Å². The van der Waals surface area contributed by atoms with Crippen molar-refractivity contribution in [1.29, 1.82) is 0 Å². The smallest absolute Gasteiger partial charge is 0.271 e. The first-order valence-corrected chi connectivity index (χ1v) is 14.3. The van der Waals surface area contributed by atoms with Gasteiger partial charge in [-0.25, -0.2) is 4.99 Å². The number of hydrogen-bond acceptors (Lipinski definition) is 8. The summed E-state index contributed by atoms with van der Waals surface area (Å²) in [7, 11) is 1.56. The number of carbonyl (C=O) groups is 1. The zero-order chi connectivity index (χ0) is 30.1. The summed E-state index contributed by atoms with van der Waals surface area (Å²) in [6, 6.07) is 14.7. The number of likely N-dealkylation sites (N-methyl/N-ethyl adjacent to an activating group) is 1. The number of furan rings is 1. The Morgan fingerprint density at radius 2 is 1.90 bits per heavy atom. The minimum atomic E-state index is -0.734. The number of ether oxygens (including phenoxy) is 1. The fraction of sp³-hybridized carbons (Fsp3) is 0.258. The number of thiazole rings is 1. The number of methoxy groups -OCH3 is 1. The van der Waals surface area contributed by atoms with Gasteiger partial charge in [-0.3, -0.25) is 24.3 Å². The molecule has 5 rings (SSSR count). The highest BCUT2D eigenvalue weighted by Gasteiger charge is 2.35. The number of aromatic nitrogens is 1. The maximum atomic E-state index is 14.0. The minimum Gasteiger partial charge on any atom is -0.496 e. The zero-order valence-electron chi connectivity index (χ0n) is 23.9. The summed E-state index contributed by atoms with van der Waals surface area (Å²) >= 11 is 1.21. The van der Waals surface area contributed by atoms with Crippen molar-refractivity contribution >= 4 is 29.0 Å². The van der Waals surface area contributed by atoms with E-state index in [1.807, 2.05) is 38.1 Å². The lowest BCUT2D eigenvalue weighted by molar-refractivity contribution is -0.384. The first-order valence-electron chi connectivity index (χ1n) is 13.5. The van der Waals surface area contributed by atoms with Crippen LogP contribution < -0.4 is 19.6 Å². The van der Waals surface area contributed by atoms with Gasteiger partial charge in [-0.15, -0.1) is 0 Å². The van der Waals surface area contributed by atoms with E-state index in [9.17, 15) is 19.7 Å². The molecular weight excluding hydrogens is 556 g/mol. The van der Waals surface area contributed by atoms with E-state index in [2.05, 4.69) is 0 Å². The third-order valence-corrected chi connectivity index (χ3v) is 8.31. The summed E-state index contributed by atoms with van der Waals surface area (Å²) in [6.45, 7) is 8.44. The Bertz CT molecular complexity index is 1910. The quantitative estimate of drug-likeness (QED) is 0.220. The molecule has 11 heteroatoms. The monoisotopic (exact) mass is 586 g/mol. The lowest BCUT2D eigenvalue weighted by Crippen LogP contribution is -2.43. The van der Waals surface area contributed by atoms with Gasteiger partial charge >= 0.3 is 0 Å². The lowest BCUT2D eigenvalue weighted by atomic mass is 9.94. The Labute approximate surface area is 245 Å². The number of nitro groups is 1. The highest BCUT2D eigenvalue weighted by molar-refractivity contribution is 7.07. The molecule has 1 amide bonds. The number of rotatable bonds is 8. The molecule has 0 bridgehead atoms. The van der Waals surface area contributed by atoms with Crippen molar-refractivity contribution in [2.45, 2.75) is 33.7 Å². The van der Waals surface area contributed by atoms with E-state index in [1.165, 1.54) is 23.5 Å². The Kier molecular flexibility index (Phi) is 7.95. The van der Waals surface area contributed by atoms with Gasteiger partial charge in [0, 0.05) is 42.4 Å². The predicted octanol–water partition coefficient (Wildman–Crippen LogP) is 4.59. The maximum absolute atomic E-state index is 14.0. The normalized spacial score (nSPS) is 14.9. The molecular formula is C31H30N4O6S. The van der Waals surface area contributed by atoms with Crippen molar-refractivity contribution in [3.8, 4) is 17.1 Å². The molecule has 1 atom stereocenters. The molecule has 0 N–H and O–H groups in total. The van der Waals surface area contributed by atoms with E-state index in [0.29, 0.717) is 67.7 Å². The molecule has 42 heavy (non-hydrogen) atoms. The standard InChI is InChI=1S/C31H30N4O6S/c1-6-33(7-2)30(37)27-19(4)32-31-34(28(27)23-10-8-9-11-24(23)40-5)29(36)26(42-31)17-21-13-15-25(41-21)22-14-12-20(35(38)39)16-18(22)3/h8-17,28H,6-7H2,1-5H3/b26-17+/t28-/m1/s1. The molecule has 216 valence electrons. The van der Waals surface area contributed by atoms with Crippen LogP contribution in [0.1, 0.15) is 43.7 Å². The van der Waals surface area contributed by atoms with Crippen LogP contribution in [0.3, 0.4) is 0 Å². The first kappa shape index (κ1) is 28.7. The second-order valence-electron chi connectivity index (χ2n) is 9.76. The lowest BCUT2D eigenvalue weighted by Gasteiger charge is -2.29.